The third-order valence-corrected chi connectivity index (χ3v) is 11.5. The minimum atomic E-state index is -0.707. The maximum absolute atomic E-state index is 14.8. The highest BCUT2D eigenvalue weighted by molar-refractivity contribution is 6.09. The molecule has 1 aromatic carbocycles. The molecule has 274 valence electrons. The van der Waals surface area contributed by atoms with Gasteiger partial charge in [0, 0.05) is 48.7 Å². The molecule has 6 heterocycles. The van der Waals surface area contributed by atoms with Crippen molar-refractivity contribution in [2.45, 2.75) is 109 Å². The first-order valence-electron chi connectivity index (χ1n) is 18.9. The molecule has 3 fully saturated rings. The maximum Gasteiger partial charge on any atom is 0.410 e. The smallest absolute Gasteiger partial charge is 0.410 e. The fourth-order valence-corrected chi connectivity index (χ4v) is 8.64. The van der Waals surface area contributed by atoms with Crippen molar-refractivity contribution in [1.29, 1.82) is 0 Å². The van der Waals surface area contributed by atoms with E-state index in [2.05, 4.69) is 46.1 Å². The van der Waals surface area contributed by atoms with Crippen LogP contribution in [-0.2, 0) is 14.9 Å². The Balaban J connectivity index is 1.16. The monoisotopic (exact) mass is 708 g/mol. The maximum atomic E-state index is 14.8. The Kier molecular flexibility index (Phi) is 8.71. The van der Waals surface area contributed by atoms with Crippen molar-refractivity contribution in [2.75, 3.05) is 36.4 Å². The summed E-state index contributed by atoms with van der Waals surface area (Å²) < 4.78 is 22.6. The summed E-state index contributed by atoms with van der Waals surface area (Å²) in [5.74, 6) is 0.156. The summed E-state index contributed by atoms with van der Waals surface area (Å²) in [6, 6.07) is 10.5. The molecule has 2 amide bonds. The van der Waals surface area contributed by atoms with Gasteiger partial charge in [0.1, 0.15) is 11.1 Å². The van der Waals surface area contributed by atoms with E-state index in [1.54, 1.807) is 23.5 Å². The lowest BCUT2D eigenvalue weighted by molar-refractivity contribution is -0.126. The second-order valence-corrected chi connectivity index (χ2v) is 16.3. The Morgan fingerprint density at radius 3 is 2.46 bits per heavy atom. The Morgan fingerprint density at radius 2 is 1.77 bits per heavy atom. The van der Waals surface area contributed by atoms with Crippen LogP contribution in [0.5, 0.6) is 0 Å². The Bertz CT molecular complexity index is 2000. The zero-order valence-electron chi connectivity index (χ0n) is 30.9. The third-order valence-electron chi connectivity index (χ3n) is 11.5. The number of nitrogens with one attached hydrogen (secondary N) is 1. The minimum absolute atomic E-state index is 0.106. The van der Waals surface area contributed by atoms with Crippen molar-refractivity contribution in [3.8, 4) is 11.3 Å². The number of piperidine rings is 2. The Hall–Kier alpha value is -4.58. The van der Waals surface area contributed by atoms with E-state index >= 15 is 0 Å². The second kappa shape index (κ2) is 13.1. The van der Waals surface area contributed by atoms with Crippen molar-refractivity contribution in [3.63, 3.8) is 0 Å². The number of anilines is 3. The number of imidazole rings is 1. The van der Waals surface area contributed by atoms with Crippen molar-refractivity contribution < 1.29 is 18.7 Å². The summed E-state index contributed by atoms with van der Waals surface area (Å²) >= 11 is 0. The molecule has 0 bridgehead atoms. The molecule has 0 unspecified atom stereocenters. The quantitative estimate of drug-likeness (QED) is 0.218. The lowest BCUT2D eigenvalue weighted by atomic mass is 9.73. The van der Waals surface area contributed by atoms with Gasteiger partial charge >= 0.3 is 6.09 Å². The molecule has 3 aromatic heterocycles. The summed E-state index contributed by atoms with van der Waals surface area (Å²) in [5, 5.41) is 3.22. The van der Waals surface area contributed by atoms with Crippen LogP contribution in [0, 0.1) is 5.82 Å². The van der Waals surface area contributed by atoms with Gasteiger partial charge in [0.2, 0.25) is 5.91 Å². The summed E-state index contributed by atoms with van der Waals surface area (Å²) in [6.07, 6.45) is 11.0. The largest absolute Gasteiger partial charge is 0.444 e. The van der Waals surface area contributed by atoms with Gasteiger partial charge in [-0.2, -0.15) is 0 Å². The molecule has 12 heteroatoms. The highest BCUT2D eigenvalue weighted by atomic mass is 19.1. The fourth-order valence-electron chi connectivity index (χ4n) is 8.64. The highest BCUT2D eigenvalue weighted by Crippen LogP contribution is 2.52. The number of carbonyl (C=O) groups excluding carboxylic acids is 2. The number of likely N-dealkylation sites (tertiary alicyclic amines) is 2. The number of benzene rings is 1. The number of hydrogen-bond donors (Lipinski definition) is 1. The number of hydrogen-bond acceptors (Lipinski definition) is 8. The van der Waals surface area contributed by atoms with E-state index < -0.39 is 16.8 Å². The minimum Gasteiger partial charge on any atom is -0.444 e. The number of halogens is 1. The standard InChI is InChI=1S/C40H49FN8O3/c1-25(2)48-24-43-33-22-32(45-36(35(33)48)44-31-11-14-42-23-30(31)41)26-9-10-29-34(19-26)49(28-20-27(21-28)46-15-7-6-8-16-46)37(50)40(29)12-17-47(18-13-40)38(51)52-39(3,4)5/h9-11,14,19,22-25,27-28H,6-8,12-13,15-18,20-21H2,1-5H3,(H,42,44,45)/t27-,28+. The van der Waals surface area contributed by atoms with Crippen LogP contribution >= 0.6 is 0 Å². The van der Waals surface area contributed by atoms with E-state index in [1.807, 2.05) is 37.5 Å². The number of nitrogens with zero attached hydrogens (tertiary/aromatic N) is 7. The second-order valence-electron chi connectivity index (χ2n) is 16.3. The predicted molar refractivity (Wildman–Crippen MR) is 199 cm³/mol. The molecule has 4 aromatic rings. The molecule has 2 saturated heterocycles. The number of pyridine rings is 2. The van der Waals surface area contributed by atoms with Gasteiger partial charge in [-0.15, -0.1) is 0 Å². The Labute approximate surface area is 304 Å². The topological polar surface area (TPSA) is 109 Å². The summed E-state index contributed by atoms with van der Waals surface area (Å²) in [7, 11) is 0. The number of amides is 2. The molecule has 3 aliphatic heterocycles. The van der Waals surface area contributed by atoms with Crippen molar-refractivity contribution in [1.82, 2.24) is 29.3 Å². The zero-order valence-corrected chi connectivity index (χ0v) is 30.9. The van der Waals surface area contributed by atoms with Gasteiger partial charge in [-0.1, -0.05) is 18.6 Å². The number of aromatic nitrogens is 4. The average Bonchev–Trinajstić information content (AvgIpc) is 3.63. The van der Waals surface area contributed by atoms with Crippen molar-refractivity contribution in [3.05, 3.63) is 60.4 Å². The van der Waals surface area contributed by atoms with E-state index in [0.29, 0.717) is 43.5 Å². The van der Waals surface area contributed by atoms with Gasteiger partial charge < -0.3 is 29.3 Å². The molecule has 0 radical (unpaired) electrons. The van der Waals surface area contributed by atoms with Gasteiger partial charge in [0.15, 0.2) is 11.6 Å². The van der Waals surface area contributed by atoms with Crippen LogP contribution in [-0.4, -0.2) is 85.2 Å². The summed E-state index contributed by atoms with van der Waals surface area (Å²) in [4.78, 5) is 48.0. The highest BCUT2D eigenvalue weighted by Gasteiger charge is 2.56. The van der Waals surface area contributed by atoms with Crippen LogP contribution in [0.3, 0.4) is 0 Å². The van der Waals surface area contributed by atoms with E-state index in [0.717, 1.165) is 53.8 Å². The fraction of sp³-hybridized carbons (Fsp3) is 0.525. The van der Waals surface area contributed by atoms with E-state index in [4.69, 9.17) is 14.7 Å². The van der Waals surface area contributed by atoms with Crippen LogP contribution < -0.4 is 10.2 Å². The summed E-state index contributed by atoms with van der Waals surface area (Å²) in [6.45, 7) is 12.9. The first-order chi connectivity index (χ1) is 24.9. The average molecular weight is 709 g/mol. The number of carbonyl (C=O) groups is 2. The van der Waals surface area contributed by atoms with E-state index in [1.165, 1.54) is 25.5 Å². The lowest BCUT2D eigenvalue weighted by Gasteiger charge is -2.48. The van der Waals surface area contributed by atoms with Crippen LogP contribution in [0.4, 0.5) is 26.4 Å². The van der Waals surface area contributed by atoms with Gasteiger partial charge in [-0.3, -0.25) is 9.78 Å². The molecular weight excluding hydrogens is 659 g/mol. The first-order valence-corrected chi connectivity index (χ1v) is 18.9. The molecule has 11 nitrogen and oxygen atoms in total. The molecule has 52 heavy (non-hydrogen) atoms. The normalized spacial score (nSPS) is 21.9. The molecule has 0 atom stereocenters. The van der Waals surface area contributed by atoms with Gasteiger partial charge in [-0.05, 0) is 110 Å². The van der Waals surface area contributed by atoms with Crippen LogP contribution in [0.1, 0.15) is 91.2 Å². The van der Waals surface area contributed by atoms with E-state index in [-0.39, 0.29) is 29.8 Å². The lowest BCUT2D eigenvalue weighted by Crippen LogP contribution is -2.58. The van der Waals surface area contributed by atoms with Gasteiger partial charge in [-0.25, -0.2) is 19.2 Å². The predicted octanol–water partition coefficient (Wildman–Crippen LogP) is 7.59. The van der Waals surface area contributed by atoms with E-state index in [9.17, 15) is 14.0 Å². The molecule has 1 saturated carbocycles. The van der Waals surface area contributed by atoms with Gasteiger partial charge in [0.25, 0.3) is 0 Å². The first kappa shape index (κ1) is 34.5. The van der Waals surface area contributed by atoms with Crippen molar-refractivity contribution in [2.24, 2.45) is 0 Å². The molecule has 1 aliphatic carbocycles. The van der Waals surface area contributed by atoms with Crippen molar-refractivity contribution >= 4 is 40.2 Å². The number of fused-ring (bicyclic) bond motifs is 3. The summed E-state index contributed by atoms with van der Waals surface area (Å²) in [5.41, 5.74) is 3.97. The molecule has 4 aliphatic rings. The number of rotatable bonds is 6. The SMILES string of the molecule is CC(C)n1cnc2cc(-c3ccc4c(c3)N([C@H]3C[C@@H](N5CCCCC5)C3)C(=O)C43CCN(C(=O)OC(C)(C)C)CC3)nc(Nc3ccncc3F)c21. The van der Waals surface area contributed by atoms with Gasteiger partial charge in [0.05, 0.1) is 34.8 Å². The molecular formula is C40H49FN8O3. The zero-order chi connectivity index (χ0) is 36.4. The van der Waals surface area contributed by atoms with Crippen LogP contribution in [0.15, 0.2) is 49.1 Å². The molecule has 1 N–H and O–H groups in total. The Morgan fingerprint density at radius 1 is 1.02 bits per heavy atom. The number of ether oxygens (including phenoxy) is 1. The van der Waals surface area contributed by atoms with Crippen LogP contribution in [0.2, 0.25) is 0 Å². The molecule has 8 rings (SSSR count). The van der Waals surface area contributed by atoms with Crippen LogP contribution in [0.25, 0.3) is 22.3 Å². The third kappa shape index (κ3) is 6.08. The molecule has 1 spiro atoms.